The molecule has 6 nitrogen and oxygen atoms in total. The first kappa shape index (κ1) is 20.8. The van der Waals surface area contributed by atoms with Gasteiger partial charge < -0.3 is 18.6 Å². The quantitative estimate of drug-likeness (QED) is 0.369. The molecule has 0 spiro atoms. The Kier molecular flexibility index (Phi) is 4.67. The van der Waals surface area contributed by atoms with Gasteiger partial charge in [0.1, 0.15) is 18.5 Å². The number of carbonyl (C=O) groups is 1. The van der Waals surface area contributed by atoms with E-state index >= 15 is 0 Å². The van der Waals surface area contributed by atoms with Crippen LogP contribution in [0, 0.1) is 5.41 Å². The van der Waals surface area contributed by atoms with Crippen molar-refractivity contribution in [2.45, 2.75) is 12.0 Å². The molecule has 6 rings (SSSR count). The Morgan fingerprint density at radius 1 is 1.00 bits per heavy atom. The van der Waals surface area contributed by atoms with E-state index in [4.69, 9.17) is 30.2 Å². The monoisotopic (exact) mass is 474 g/mol. The van der Waals surface area contributed by atoms with Crippen molar-refractivity contribution < 1.29 is 23.4 Å². The zero-order valence-corrected chi connectivity index (χ0v) is 18.9. The molecule has 1 aromatic heterocycles. The van der Waals surface area contributed by atoms with E-state index in [2.05, 4.69) is 0 Å². The minimum Gasteiger partial charge on any atom is -0.492 e. The highest BCUT2D eigenvalue weighted by atomic mass is 35.5. The number of para-hydroxylation sites is 1. The van der Waals surface area contributed by atoms with Gasteiger partial charge in [-0.1, -0.05) is 60.1 Å². The molecule has 0 saturated carbocycles. The van der Waals surface area contributed by atoms with Crippen LogP contribution in [-0.4, -0.2) is 19.7 Å². The molecule has 34 heavy (non-hydrogen) atoms. The highest BCUT2D eigenvalue weighted by molar-refractivity contribution is 6.30. The normalized spacial score (nSPS) is 22.5. The van der Waals surface area contributed by atoms with Crippen molar-refractivity contribution in [3.63, 3.8) is 0 Å². The number of carbonyl (C=O) groups excluding carboxylic acids is 1. The van der Waals surface area contributed by atoms with Gasteiger partial charge in [-0.25, -0.2) is 4.79 Å². The van der Waals surface area contributed by atoms with E-state index in [0.717, 1.165) is 11.1 Å². The largest absolute Gasteiger partial charge is 0.492 e. The van der Waals surface area contributed by atoms with E-state index < -0.39 is 29.0 Å². The molecule has 0 bridgehead atoms. The molecule has 0 N–H and O–H groups in total. The van der Waals surface area contributed by atoms with Gasteiger partial charge in [0.05, 0.1) is 18.4 Å². The fourth-order valence-corrected chi connectivity index (χ4v) is 5.34. The van der Waals surface area contributed by atoms with Gasteiger partial charge in [-0.2, -0.15) is 0 Å². The van der Waals surface area contributed by atoms with Crippen molar-refractivity contribution in [2.24, 2.45) is 5.41 Å². The van der Waals surface area contributed by atoms with Crippen LogP contribution in [0.2, 0.25) is 5.02 Å². The average Bonchev–Trinajstić information content (AvgIpc) is 2.88. The molecule has 0 unspecified atom stereocenters. The number of halogens is 1. The van der Waals surface area contributed by atoms with Gasteiger partial charge in [-0.15, -0.1) is 0 Å². The van der Waals surface area contributed by atoms with Crippen LogP contribution >= 0.6 is 11.6 Å². The number of esters is 1. The van der Waals surface area contributed by atoms with Gasteiger partial charge in [0, 0.05) is 16.0 Å². The van der Waals surface area contributed by atoms with Crippen molar-refractivity contribution in [1.82, 2.24) is 0 Å². The molecule has 0 radical (unpaired) electrons. The molecule has 4 aromatic rings. The Hall–Kier alpha value is -3.77. The lowest BCUT2D eigenvalue weighted by Crippen LogP contribution is -2.54. The number of methoxy groups -OCH3 is 1. The molecule has 3 heterocycles. The summed E-state index contributed by atoms with van der Waals surface area (Å²) in [6.45, 7) is -0.0232. The smallest absolute Gasteiger partial charge is 0.344 e. The predicted octanol–water partition coefficient (Wildman–Crippen LogP) is 5.26. The minimum absolute atomic E-state index is 0.0232. The summed E-state index contributed by atoms with van der Waals surface area (Å²) < 4.78 is 23.9. The minimum atomic E-state index is -1.34. The third-order valence-electron chi connectivity index (χ3n) is 6.73. The molecule has 0 saturated heterocycles. The standard InChI is InChI=1S/C27H19ClO6/c1-31-26(30)27-14-32-20-9-5-4-8-19(20)21(27)23-22(17-6-2-3-7-18(17)25(29)34-23)33-24(27)15-10-12-16(28)13-11-15/h2-13,21,24H,14H2,1H3/t21-,24-,27+/m1/s1. The van der Waals surface area contributed by atoms with Crippen molar-refractivity contribution in [2.75, 3.05) is 13.7 Å². The summed E-state index contributed by atoms with van der Waals surface area (Å²) in [6, 6.07) is 21.7. The maximum atomic E-state index is 13.6. The first-order chi connectivity index (χ1) is 16.5. The number of hydrogen-bond acceptors (Lipinski definition) is 6. The molecule has 2 aliphatic rings. The fraction of sp³-hybridized carbons (Fsp3) is 0.185. The molecule has 7 heteroatoms. The molecule has 2 aliphatic heterocycles. The lowest BCUT2D eigenvalue weighted by atomic mass is 9.63. The zero-order chi connectivity index (χ0) is 23.4. The van der Waals surface area contributed by atoms with E-state index in [1.807, 2.05) is 48.5 Å². The van der Waals surface area contributed by atoms with E-state index in [1.165, 1.54) is 7.11 Å². The Morgan fingerprint density at radius 2 is 1.71 bits per heavy atom. The summed E-state index contributed by atoms with van der Waals surface area (Å²) in [6.07, 6.45) is -0.792. The Labute approximate surface area is 199 Å². The summed E-state index contributed by atoms with van der Waals surface area (Å²) in [5.74, 6) is 0.136. The van der Waals surface area contributed by atoms with E-state index in [-0.39, 0.29) is 12.4 Å². The van der Waals surface area contributed by atoms with Gasteiger partial charge >= 0.3 is 11.6 Å². The molecule has 0 aliphatic carbocycles. The van der Waals surface area contributed by atoms with Crippen LogP contribution in [0.4, 0.5) is 0 Å². The maximum Gasteiger partial charge on any atom is 0.344 e. The topological polar surface area (TPSA) is 75.0 Å². The first-order valence-electron chi connectivity index (χ1n) is 10.8. The van der Waals surface area contributed by atoms with Crippen LogP contribution in [0.15, 0.2) is 82.0 Å². The second kappa shape index (κ2) is 7.64. The third kappa shape index (κ3) is 2.82. The molecule has 3 atom stereocenters. The average molecular weight is 475 g/mol. The number of fused-ring (bicyclic) bond motifs is 7. The Morgan fingerprint density at radius 3 is 2.47 bits per heavy atom. The molecular formula is C27H19ClO6. The third-order valence-corrected chi connectivity index (χ3v) is 6.99. The van der Waals surface area contributed by atoms with Gasteiger partial charge in [-0.05, 0) is 29.8 Å². The number of hydrogen-bond donors (Lipinski definition) is 0. The SMILES string of the molecule is COC(=O)[C@@]12COc3ccccc3[C@@H]1c1oc(=O)c3ccccc3c1O[C@@H]2c1ccc(Cl)cc1. The molecular weight excluding hydrogens is 456 g/mol. The second-order valence-corrected chi connectivity index (χ2v) is 8.91. The van der Waals surface area contributed by atoms with Crippen LogP contribution in [-0.2, 0) is 9.53 Å². The van der Waals surface area contributed by atoms with Crippen LogP contribution in [0.3, 0.4) is 0 Å². The summed E-state index contributed by atoms with van der Waals surface area (Å²) in [5.41, 5.74) is -0.391. The summed E-state index contributed by atoms with van der Waals surface area (Å²) >= 11 is 6.15. The van der Waals surface area contributed by atoms with Gasteiger partial charge in [0.2, 0.25) is 0 Å². The van der Waals surface area contributed by atoms with E-state index in [9.17, 15) is 9.59 Å². The number of benzene rings is 3. The Balaban J connectivity index is 1.73. The van der Waals surface area contributed by atoms with E-state index in [0.29, 0.717) is 27.3 Å². The number of ether oxygens (including phenoxy) is 3. The summed E-state index contributed by atoms with van der Waals surface area (Å²) in [4.78, 5) is 26.6. The van der Waals surface area contributed by atoms with Crippen molar-refractivity contribution in [1.29, 1.82) is 0 Å². The lowest BCUT2D eigenvalue weighted by Gasteiger charge is -2.49. The van der Waals surface area contributed by atoms with Crippen LogP contribution < -0.4 is 15.1 Å². The molecule has 0 amide bonds. The molecule has 0 fully saturated rings. The summed E-state index contributed by atoms with van der Waals surface area (Å²) in [7, 11) is 1.33. The highest BCUT2D eigenvalue weighted by Crippen LogP contribution is 2.61. The fourth-order valence-electron chi connectivity index (χ4n) is 5.22. The van der Waals surface area contributed by atoms with Crippen molar-refractivity contribution in [3.8, 4) is 11.5 Å². The van der Waals surface area contributed by atoms with Crippen molar-refractivity contribution >= 4 is 28.3 Å². The van der Waals surface area contributed by atoms with Crippen LogP contribution in [0.25, 0.3) is 10.8 Å². The molecule has 3 aromatic carbocycles. The lowest BCUT2D eigenvalue weighted by molar-refractivity contribution is -0.169. The molecule has 170 valence electrons. The predicted molar refractivity (Wildman–Crippen MR) is 126 cm³/mol. The van der Waals surface area contributed by atoms with Gasteiger partial charge in [0.15, 0.2) is 16.9 Å². The zero-order valence-electron chi connectivity index (χ0n) is 18.1. The van der Waals surface area contributed by atoms with E-state index in [1.54, 1.807) is 24.3 Å². The number of rotatable bonds is 2. The second-order valence-electron chi connectivity index (χ2n) is 8.47. The van der Waals surface area contributed by atoms with Gasteiger partial charge in [0.25, 0.3) is 0 Å². The van der Waals surface area contributed by atoms with Crippen LogP contribution in [0.5, 0.6) is 11.5 Å². The van der Waals surface area contributed by atoms with Gasteiger partial charge in [-0.3, -0.25) is 4.79 Å². The first-order valence-corrected chi connectivity index (χ1v) is 11.2. The van der Waals surface area contributed by atoms with Crippen LogP contribution in [0.1, 0.15) is 28.9 Å². The Bertz CT molecular complexity index is 1490. The van der Waals surface area contributed by atoms with Crippen molar-refractivity contribution in [3.05, 3.63) is 105 Å². The highest BCUT2D eigenvalue weighted by Gasteiger charge is 2.63. The summed E-state index contributed by atoms with van der Waals surface area (Å²) in [5, 5.41) is 1.59. The maximum absolute atomic E-state index is 13.6.